The van der Waals surface area contributed by atoms with Crippen molar-refractivity contribution in [2.45, 2.75) is 12.6 Å². The molecule has 0 spiro atoms. The Morgan fingerprint density at radius 1 is 1.26 bits per heavy atom. The Balaban J connectivity index is 1.80. The molecule has 1 atom stereocenters. The third-order valence-electron chi connectivity index (χ3n) is 3.59. The molecule has 0 unspecified atom stereocenters. The highest BCUT2D eigenvalue weighted by Gasteiger charge is 2.34. The van der Waals surface area contributed by atoms with Crippen LogP contribution < -0.4 is 4.72 Å². The SMILES string of the molecule is O=S(=O)(/C=C\c1ccccc1)NC[C@H]1CCN(CC(F)(F)F)C1. The second-order valence-corrected chi connectivity index (χ2v) is 7.26. The van der Waals surface area contributed by atoms with Crippen LogP contribution in [-0.4, -0.2) is 45.7 Å². The first-order valence-corrected chi connectivity index (χ1v) is 8.80. The zero-order chi connectivity index (χ0) is 16.9. The standard InChI is InChI=1S/C15H19F3N2O2S/c16-15(17,18)12-20-8-6-14(11-20)10-19-23(21,22)9-7-13-4-2-1-3-5-13/h1-5,7,9,14,19H,6,8,10-12H2/b9-7-/t14-/m1/s1. The molecule has 0 aromatic heterocycles. The van der Waals surface area contributed by atoms with Crippen molar-refractivity contribution in [1.29, 1.82) is 0 Å². The van der Waals surface area contributed by atoms with E-state index in [-0.39, 0.29) is 19.0 Å². The summed E-state index contributed by atoms with van der Waals surface area (Å²) >= 11 is 0. The van der Waals surface area contributed by atoms with Crippen molar-refractivity contribution < 1.29 is 21.6 Å². The highest BCUT2D eigenvalue weighted by atomic mass is 32.2. The van der Waals surface area contributed by atoms with Crippen LogP contribution in [-0.2, 0) is 10.0 Å². The van der Waals surface area contributed by atoms with E-state index >= 15 is 0 Å². The predicted octanol–water partition coefficient (Wildman–Crippen LogP) is 2.46. The van der Waals surface area contributed by atoms with Gasteiger partial charge in [-0.2, -0.15) is 13.2 Å². The molecule has 1 fully saturated rings. The normalized spacial score (nSPS) is 20.4. The lowest BCUT2D eigenvalue weighted by Gasteiger charge is -2.17. The molecule has 23 heavy (non-hydrogen) atoms. The molecule has 2 rings (SSSR count). The summed E-state index contributed by atoms with van der Waals surface area (Å²) < 4.78 is 63.1. The minimum Gasteiger partial charge on any atom is -0.295 e. The number of halogens is 3. The first kappa shape index (κ1) is 18.0. The molecule has 0 aliphatic carbocycles. The van der Waals surface area contributed by atoms with Gasteiger partial charge in [0.25, 0.3) is 0 Å². The number of nitrogens with one attached hydrogen (secondary N) is 1. The summed E-state index contributed by atoms with van der Waals surface area (Å²) in [6.07, 6.45) is -2.18. The Labute approximate surface area is 134 Å². The number of hydrogen-bond acceptors (Lipinski definition) is 3. The van der Waals surface area contributed by atoms with Gasteiger partial charge < -0.3 is 0 Å². The molecule has 1 aliphatic rings. The molecule has 1 aliphatic heterocycles. The quantitative estimate of drug-likeness (QED) is 0.859. The average molecular weight is 348 g/mol. The van der Waals surface area contributed by atoms with E-state index in [1.54, 1.807) is 24.3 Å². The predicted molar refractivity (Wildman–Crippen MR) is 83.0 cm³/mol. The number of benzene rings is 1. The van der Waals surface area contributed by atoms with Crippen LogP contribution in [0, 0.1) is 5.92 Å². The van der Waals surface area contributed by atoms with Crippen LogP contribution >= 0.6 is 0 Å². The van der Waals surface area contributed by atoms with Gasteiger partial charge in [-0.15, -0.1) is 0 Å². The lowest BCUT2D eigenvalue weighted by molar-refractivity contribution is -0.143. The number of nitrogens with zero attached hydrogens (tertiary/aromatic N) is 1. The molecule has 4 nitrogen and oxygen atoms in total. The van der Waals surface area contributed by atoms with E-state index in [1.165, 1.54) is 11.0 Å². The van der Waals surface area contributed by atoms with E-state index in [1.807, 2.05) is 6.07 Å². The zero-order valence-corrected chi connectivity index (χ0v) is 13.3. The van der Waals surface area contributed by atoms with Crippen LogP contribution in [0.2, 0.25) is 0 Å². The van der Waals surface area contributed by atoms with Crippen LogP contribution in [0.5, 0.6) is 0 Å². The molecule has 0 radical (unpaired) electrons. The number of likely N-dealkylation sites (tertiary alicyclic amines) is 1. The Bertz CT molecular complexity index is 630. The van der Waals surface area contributed by atoms with Gasteiger partial charge in [0.2, 0.25) is 10.0 Å². The molecule has 1 heterocycles. The van der Waals surface area contributed by atoms with Gasteiger partial charge in [-0.1, -0.05) is 30.3 Å². The number of alkyl halides is 3. The van der Waals surface area contributed by atoms with Gasteiger partial charge in [0, 0.05) is 18.5 Å². The largest absolute Gasteiger partial charge is 0.401 e. The second-order valence-electron chi connectivity index (χ2n) is 5.61. The van der Waals surface area contributed by atoms with Crippen LogP contribution in [0.4, 0.5) is 13.2 Å². The Morgan fingerprint density at radius 2 is 1.96 bits per heavy atom. The Morgan fingerprint density at radius 3 is 2.61 bits per heavy atom. The van der Waals surface area contributed by atoms with Crippen molar-refractivity contribution in [2.75, 3.05) is 26.2 Å². The van der Waals surface area contributed by atoms with Crippen LogP contribution in [0.1, 0.15) is 12.0 Å². The van der Waals surface area contributed by atoms with Crippen molar-refractivity contribution in [2.24, 2.45) is 5.92 Å². The molecule has 1 aromatic carbocycles. The lowest BCUT2D eigenvalue weighted by Crippen LogP contribution is -2.34. The molecule has 128 valence electrons. The number of rotatable bonds is 6. The fourth-order valence-electron chi connectivity index (χ4n) is 2.49. The van der Waals surface area contributed by atoms with E-state index in [0.29, 0.717) is 13.0 Å². The maximum atomic E-state index is 12.3. The summed E-state index contributed by atoms with van der Waals surface area (Å²) in [6, 6.07) is 8.98. The highest BCUT2D eigenvalue weighted by molar-refractivity contribution is 7.92. The van der Waals surface area contributed by atoms with Gasteiger partial charge in [0.15, 0.2) is 0 Å². The molecule has 1 saturated heterocycles. The summed E-state index contributed by atoms with van der Waals surface area (Å²) in [5.74, 6) is -0.0998. The van der Waals surface area contributed by atoms with Gasteiger partial charge in [-0.3, -0.25) is 4.90 Å². The average Bonchev–Trinajstić information content (AvgIpc) is 2.90. The van der Waals surface area contributed by atoms with E-state index in [4.69, 9.17) is 0 Å². The highest BCUT2D eigenvalue weighted by Crippen LogP contribution is 2.22. The topological polar surface area (TPSA) is 49.4 Å². The van der Waals surface area contributed by atoms with Gasteiger partial charge >= 0.3 is 6.18 Å². The second kappa shape index (κ2) is 7.46. The van der Waals surface area contributed by atoms with Crippen LogP contribution in [0.15, 0.2) is 35.7 Å². The fraction of sp³-hybridized carbons (Fsp3) is 0.467. The first-order valence-electron chi connectivity index (χ1n) is 7.25. The monoisotopic (exact) mass is 348 g/mol. The Hall–Kier alpha value is -1.38. The van der Waals surface area contributed by atoms with Crippen molar-refractivity contribution in [3.8, 4) is 0 Å². The minimum absolute atomic E-state index is 0.0998. The van der Waals surface area contributed by atoms with Gasteiger partial charge in [-0.25, -0.2) is 13.1 Å². The Kier molecular flexibility index (Phi) is 5.83. The first-order chi connectivity index (χ1) is 10.7. The molecule has 8 heteroatoms. The smallest absolute Gasteiger partial charge is 0.295 e. The molecule has 0 bridgehead atoms. The van der Waals surface area contributed by atoms with Gasteiger partial charge in [-0.05, 0) is 30.5 Å². The molecule has 0 amide bonds. The van der Waals surface area contributed by atoms with Gasteiger partial charge in [0.1, 0.15) is 0 Å². The van der Waals surface area contributed by atoms with Crippen molar-refractivity contribution in [1.82, 2.24) is 9.62 Å². The van der Waals surface area contributed by atoms with Crippen molar-refractivity contribution >= 4 is 16.1 Å². The fourth-order valence-corrected chi connectivity index (χ4v) is 3.39. The van der Waals surface area contributed by atoms with Crippen molar-refractivity contribution in [3.05, 3.63) is 41.3 Å². The lowest BCUT2D eigenvalue weighted by atomic mass is 10.1. The summed E-state index contributed by atoms with van der Waals surface area (Å²) in [6.45, 7) is -0.198. The van der Waals surface area contributed by atoms with E-state index < -0.39 is 22.7 Å². The van der Waals surface area contributed by atoms with Gasteiger partial charge in [0.05, 0.1) is 6.54 Å². The van der Waals surface area contributed by atoms with E-state index in [9.17, 15) is 21.6 Å². The summed E-state index contributed by atoms with van der Waals surface area (Å²) in [5, 5.41) is 1.07. The number of hydrogen-bond donors (Lipinski definition) is 1. The molecule has 1 N–H and O–H groups in total. The summed E-state index contributed by atoms with van der Waals surface area (Å²) in [7, 11) is -3.59. The summed E-state index contributed by atoms with van der Waals surface area (Å²) in [5.41, 5.74) is 0.759. The maximum absolute atomic E-state index is 12.3. The molecule has 0 saturated carbocycles. The minimum atomic E-state index is -4.22. The van der Waals surface area contributed by atoms with Crippen LogP contribution in [0.25, 0.3) is 6.08 Å². The maximum Gasteiger partial charge on any atom is 0.401 e. The molecule has 1 aromatic rings. The van der Waals surface area contributed by atoms with E-state index in [2.05, 4.69) is 4.72 Å². The van der Waals surface area contributed by atoms with E-state index in [0.717, 1.165) is 11.0 Å². The zero-order valence-electron chi connectivity index (χ0n) is 12.5. The number of sulfonamides is 1. The molecular formula is C15H19F3N2O2S. The van der Waals surface area contributed by atoms with Crippen LogP contribution in [0.3, 0.4) is 0 Å². The summed E-state index contributed by atoms with van der Waals surface area (Å²) in [4.78, 5) is 1.30. The third kappa shape index (κ3) is 6.72. The van der Waals surface area contributed by atoms with Crippen molar-refractivity contribution in [3.63, 3.8) is 0 Å². The third-order valence-corrected chi connectivity index (χ3v) is 4.65. The molecular weight excluding hydrogens is 329 g/mol.